The highest BCUT2D eigenvalue weighted by atomic mass is 35.5. The number of hydrogen-bond donors (Lipinski definition) is 2. The molecule has 0 fully saturated rings. The number of aromatic amines is 1. The molecule has 0 bridgehead atoms. The lowest BCUT2D eigenvalue weighted by molar-refractivity contribution is 0.0940. The highest BCUT2D eigenvalue weighted by Crippen LogP contribution is 2.30. The van der Waals surface area contributed by atoms with Crippen LogP contribution in [0.5, 0.6) is 11.5 Å². The first-order valence-corrected chi connectivity index (χ1v) is 8.73. The van der Waals surface area contributed by atoms with E-state index in [-0.39, 0.29) is 11.9 Å². The molecule has 3 rings (SSSR count). The zero-order valence-electron chi connectivity index (χ0n) is 15.2. The largest absolute Gasteiger partial charge is 0.493 e. The molecule has 0 aliphatic carbocycles. The number of hydrogen-bond acceptors (Lipinski definition) is 4. The fourth-order valence-electron chi connectivity index (χ4n) is 2.80. The van der Waals surface area contributed by atoms with Crippen LogP contribution in [0.25, 0.3) is 11.3 Å². The molecule has 0 spiro atoms. The molecule has 6 nitrogen and oxygen atoms in total. The first-order valence-electron chi connectivity index (χ1n) is 8.35. The number of H-pyrrole nitrogens is 1. The van der Waals surface area contributed by atoms with Crippen molar-refractivity contribution < 1.29 is 14.3 Å². The van der Waals surface area contributed by atoms with Gasteiger partial charge in [-0.05, 0) is 36.8 Å². The van der Waals surface area contributed by atoms with Crippen LogP contribution in [0.15, 0.2) is 48.7 Å². The average molecular weight is 386 g/mol. The maximum Gasteiger partial charge on any atom is 0.255 e. The molecule has 2 N–H and O–H groups in total. The van der Waals surface area contributed by atoms with E-state index in [1.54, 1.807) is 26.4 Å². The molecule has 1 amide bonds. The van der Waals surface area contributed by atoms with Crippen LogP contribution < -0.4 is 14.8 Å². The van der Waals surface area contributed by atoms with Crippen molar-refractivity contribution in [1.82, 2.24) is 15.5 Å². The van der Waals surface area contributed by atoms with Crippen molar-refractivity contribution in [2.75, 3.05) is 14.2 Å². The van der Waals surface area contributed by atoms with Crippen LogP contribution in [0.4, 0.5) is 0 Å². The molecule has 0 aliphatic rings. The second-order valence-corrected chi connectivity index (χ2v) is 6.42. The number of methoxy groups -OCH3 is 2. The van der Waals surface area contributed by atoms with Crippen molar-refractivity contribution in [3.8, 4) is 22.8 Å². The summed E-state index contributed by atoms with van der Waals surface area (Å²) >= 11 is 6.05. The van der Waals surface area contributed by atoms with E-state index in [9.17, 15) is 4.79 Å². The van der Waals surface area contributed by atoms with Crippen molar-refractivity contribution >= 4 is 17.5 Å². The van der Waals surface area contributed by atoms with E-state index >= 15 is 0 Å². The van der Waals surface area contributed by atoms with E-state index in [1.165, 1.54) is 6.20 Å². The maximum absolute atomic E-state index is 12.8. The molecular formula is C20H20ClN3O3. The second-order valence-electron chi connectivity index (χ2n) is 5.98. The number of carbonyl (C=O) groups is 1. The number of ether oxygens (including phenoxy) is 2. The van der Waals surface area contributed by atoms with Gasteiger partial charge in [-0.3, -0.25) is 9.89 Å². The summed E-state index contributed by atoms with van der Waals surface area (Å²) in [7, 11) is 3.16. The summed E-state index contributed by atoms with van der Waals surface area (Å²) < 4.78 is 10.6. The number of nitrogens with one attached hydrogen (secondary N) is 2. The number of carbonyl (C=O) groups excluding carboxylic acids is 1. The van der Waals surface area contributed by atoms with Gasteiger partial charge in [-0.1, -0.05) is 29.8 Å². The summed E-state index contributed by atoms with van der Waals surface area (Å²) in [5, 5.41) is 10.5. The Balaban J connectivity index is 1.81. The maximum atomic E-state index is 12.8. The smallest absolute Gasteiger partial charge is 0.255 e. The van der Waals surface area contributed by atoms with Crippen molar-refractivity contribution in [1.29, 1.82) is 0 Å². The van der Waals surface area contributed by atoms with Crippen molar-refractivity contribution in [2.45, 2.75) is 13.0 Å². The highest BCUT2D eigenvalue weighted by molar-refractivity contribution is 6.30. The average Bonchev–Trinajstić information content (AvgIpc) is 3.17. The Bertz CT molecular complexity index is 955. The van der Waals surface area contributed by atoms with Crippen LogP contribution in [0.2, 0.25) is 5.02 Å². The number of halogens is 1. The minimum Gasteiger partial charge on any atom is -0.493 e. The number of rotatable bonds is 6. The van der Waals surface area contributed by atoms with Crippen LogP contribution >= 0.6 is 11.6 Å². The van der Waals surface area contributed by atoms with Gasteiger partial charge in [0.1, 0.15) is 0 Å². The predicted molar refractivity (Wildman–Crippen MR) is 104 cm³/mol. The minimum atomic E-state index is -0.237. The molecule has 1 atom stereocenters. The molecular weight excluding hydrogens is 366 g/mol. The van der Waals surface area contributed by atoms with E-state index in [0.717, 1.165) is 11.1 Å². The first-order chi connectivity index (χ1) is 13.0. The van der Waals surface area contributed by atoms with Gasteiger partial charge < -0.3 is 14.8 Å². The van der Waals surface area contributed by atoms with E-state index in [4.69, 9.17) is 21.1 Å². The molecule has 0 aliphatic heterocycles. The fourth-order valence-corrected chi connectivity index (χ4v) is 2.99. The Hall–Kier alpha value is -2.99. The van der Waals surface area contributed by atoms with Crippen LogP contribution in [0.3, 0.4) is 0 Å². The molecule has 0 saturated carbocycles. The number of aromatic nitrogens is 2. The molecule has 1 aromatic heterocycles. The van der Waals surface area contributed by atoms with Crippen LogP contribution in [0.1, 0.15) is 28.9 Å². The fraction of sp³-hybridized carbons (Fsp3) is 0.200. The Morgan fingerprint density at radius 3 is 2.63 bits per heavy atom. The van der Waals surface area contributed by atoms with Gasteiger partial charge in [0.2, 0.25) is 0 Å². The lowest BCUT2D eigenvalue weighted by Gasteiger charge is -2.16. The van der Waals surface area contributed by atoms with Gasteiger partial charge in [0.15, 0.2) is 11.5 Å². The van der Waals surface area contributed by atoms with E-state index in [0.29, 0.717) is 27.8 Å². The van der Waals surface area contributed by atoms with Gasteiger partial charge >= 0.3 is 0 Å². The van der Waals surface area contributed by atoms with Gasteiger partial charge in [-0.25, -0.2) is 0 Å². The number of benzene rings is 2. The lowest BCUT2D eigenvalue weighted by atomic mass is 10.1. The third-order valence-corrected chi connectivity index (χ3v) is 4.49. The highest BCUT2D eigenvalue weighted by Gasteiger charge is 2.19. The summed E-state index contributed by atoms with van der Waals surface area (Å²) in [6.07, 6.45) is 1.51. The SMILES string of the molecule is COc1ccc(C(C)NC(=O)c2cn[nH]c2-c2cccc(Cl)c2)cc1OC. The van der Waals surface area contributed by atoms with Crippen LogP contribution in [-0.4, -0.2) is 30.3 Å². The normalized spacial score (nSPS) is 11.7. The van der Waals surface area contributed by atoms with Crippen molar-refractivity contribution in [2.24, 2.45) is 0 Å². The molecule has 7 heteroatoms. The van der Waals surface area contributed by atoms with Crippen LogP contribution in [-0.2, 0) is 0 Å². The molecule has 140 valence electrons. The summed E-state index contributed by atoms with van der Waals surface area (Å²) in [6.45, 7) is 1.90. The van der Waals surface area contributed by atoms with Crippen LogP contribution in [0, 0.1) is 0 Å². The molecule has 1 heterocycles. The van der Waals surface area contributed by atoms with E-state index in [1.807, 2.05) is 37.3 Å². The predicted octanol–water partition coefficient (Wildman–Crippen LogP) is 4.24. The zero-order valence-corrected chi connectivity index (χ0v) is 16.0. The van der Waals surface area contributed by atoms with E-state index < -0.39 is 0 Å². The molecule has 1 unspecified atom stereocenters. The first kappa shape index (κ1) is 18.8. The van der Waals surface area contributed by atoms with Gasteiger partial charge in [0, 0.05) is 10.6 Å². The monoisotopic (exact) mass is 385 g/mol. The molecule has 0 saturated heterocycles. The molecule has 3 aromatic rings. The second kappa shape index (κ2) is 8.14. The Morgan fingerprint density at radius 2 is 1.93 bits per heavy atom. The Morgan fingerprint density at radius 1 is 1.15 bits per heavy atom. The van der Waals surface area contributed by atoms with Gasteiger partial charge in [-0.15, -0.1) is 0 Å². The quantitative estimate of drug-likeness (QED) is 0.665. The summed E-state index contributed by atoms with van der Waals surface area (Å²) in [4.78, 5) is 12.8. The van der Waals surface area contributed by atoms with Gasteiger partial charge in [0.25, 0.3) is 5.91 Å². The Kier molecular flexibility index (Phi) is 5.66. The van der Waals surface area contributed by atoms with Gasteiger partial charge in [0.05, 0.1) is 37.7 Å². The van der Waals surface area contributed by atoms with Crippen molar-refractivity contribution in [3.05, 3.63) is 64.8 Å². The number of amides is 1. The summed E-state index contributed by atoms with van der Waals surface area (Å²) in [5.41, 5.74) is 2.76. The molecule has 27 heavy (non-hydrogen) atoms. The minimum absolute atomic E-state index is 0.235. The third kappa shape index (κ3) is 4.06. The topological polar surface area (TPSA) is 76.2 Å². The molecule has 0 radical (unpaired) electrons. The standard InChI is InChI=1S/C20H20ClN3O3/c1-12(13-7-8-17(26-2)18(10-13)27-3)23-20(25)16-11-22-24-19(16)14-5-4-6-15(21)9-14/h4-12H,1-3H3,(H,22,24)(H,23,25). The van der Waals surface area contributed by atoms with Gasteiger partial charge in [-0.2, -0.15) is 5.10 Å². The van der Waals surface area contributed by atoms with E-state index in [2.05, 4.69) is 15.5 Å². The summed E-state index contributed by atoms with van der Waals surface area (Å²) in [5.74, 6) is 1.01. The third-order valence-electron chi connectivity index (χ3n) is 4.25. The number of nitrogens with zero attached hydrogens (tertiary/aromatic N) is 1. The van der Waals surface area contributed by atoms with Crippen molar-refractivity contribution in [3.63, 3.8) is 0 Å². The Labute approximate surface area is 162 Å². The lowest BCUT2D eigenvalue weighted by Crippen LogP contribution is -2.26. The summed E-state index contributed by atoms with van der Waals surface area (Å²) in [6, 6.07) is 12.6. The molecule has 2 aromatic carbocycles. The zero-order chi connectivity index (χ0) is 19.4.